The highest BCUT2D eigenvalue weighted by molar-refractivity contribution is 6.30. The van der Waals surface area contributed by atoms with Crippen LogP contribution >= 0.6 is 11.6 Å². The molecule has 1 fully saturated rings. The van der Waals surface area contributed by atoms with Gasteiger partial charge in [-0.05, 0) is 12.8 Å². The number of rotatable bonds is 2. The van der Waals surface area contributed by atoms with Crippen LogP contribution < -0.4 is 5.73 Å². The molecule has 0 atom stereocenters. The van der Waals surface area contributed by atoms with E-state index in [-0.39, 0.29) is 0 Å². The van der Waals surface area contributed by atoms with Crippen LogP contribution in [0.15, 0.2) is 6.20 Å². The molecule has 0 saturated heterocycles. The Labute approximate surface area is 82.3 Å². The largest absolute Gasteiger partial charge is 0.326 e. The maximum absolute atomic E-state index is 5.92. The zero-order valence-electron chi connectivity index (χ0n) is 7.33. The first-order chi connectivity index (χ1) is 6.31. The Morgan fingerprint density at radius 1 is 1.54 bits per heavy atom. The molecule has 0 amide bonds. The number of nitrogens with two attached hydrogens (primary N) is 1. The van der Waals surface area contributed by atoms with E-state index >= 15 is 0 Å². The van der Waals surface area contributed by atoms with E-state index in [4.69, 9.17) is 17.3 Å². The molecule has 1 aliphatic carbocycles. The van der Waals surface area contributed by atoms with Crippen LogP contribution in [0.25, 0.3) is 0 Å². The van der Waals surface area contributed by atoms with Crippen molar-refractivity contribution in [2.75, 3.05) is 0 Å². The average Bonchev–Trinajstić information content (AvgIpc) is 2.01. The lowest BCUT2D eigenvalue weighted by Gasteiger charge is -2.23. The highest BCUT2D eigenvalue weighted by Crippen LogP contribution is 2.34. The molecule has 4 heteroatoms. The molecule has 2 rings (SSSR count). The lowest BCUT2D eigenvalue weighted by Crippen LogP contribution is -2.13. The molecule has 1 aliphatic rings. The van der Waals surface area contributed by atoms with Gasteiger partial charge in [0.25, 0.3) is 0 Å². The van der Waals surface area contributed by atoms with Crippen molar-refractivity contribution in [2.24, 2.45) is 5.73 Å². The second-order valence-electron chi connectivity index (χ2n) is 3.38. The van der Waals surface area contributed by atoms with Gasteiger partial charge in [-0.2, -0.15) is 0 Å². The van der Waals surface area contributed by atoms with Crippen molar-refractivity contribution in [3.8, 4) is 0 Å². The maximum atomic E-state index is 5.92. The van der Waals surface area contributed by atoms with Crippen LogP contribution in [0, 0.1) is 0 Å². The molecule has 1 aromatic rings. The Hall–Kier alpha value is -0.670. The zero-order chi connectivity index (χ0) is 9.26. The summed E-state index contributed by atoms with van der Waals surface area (Å²) in [6.07, 6.45) is 5.41. The molecule has 1 saturated carbocycles. The number of aromatic nitrogens is 2. The molecule has 13 heavy (non-hydrogen) atoms. The Kier molecular flexibility index (Phi) is 2.47. The number of hydrogen-bond donors (Lipinski definition) is 1. The van der Waals surface area contributed by atoms with Crippen LogP contribution in [0.1, 0.15) is 36.6 Å². The van der Waals surface area contributed by atoms with E-state index in [2.05, 4.69) is 9.97 Å². The fraction of sp³-hybridized carbons (Fsp3) is 0.556. The average molecular weight is 198 g/mol. The minimum atomic E-state index is 0.407. The molecular weight excluding hydrogens is 186 g/mol. The van der Waals surface area contributed by atoms with E-state index in [1.807, 2.05) is 0 Å². The van der Waals surface area contributed by atoms with Crippen molar-refractivity contribution in [2.45, 2.75) is 31.7 Å². The van der Waals surface area contributed by atoms with Gasteiger partial charge in [0, 0.05) is 24.2 Å². The second kappa shape index (κ2) is 3.60. The molecule has 0 aromatic carbocycles. The summed E-state index contributed by atoms with van der Waals surface area (Å²) in [4.78, 5) is 8.50. The molecule has 0 spiro atoms. The molecule has 1 heterocycles. The van der Waals surface area contributed by atoms with Gasteiger partial charge >= 0.3 is 0 Å². The third-order valence-electron chi connectivity index (χ3n) is 2.52. The quantitative estimate of drug-likeness (QED) is 0.737. The van der Waals surface area contributed by atoms with Crippen LogP contribution in [-0.2, 0) is 6.54 Å². The summed E-state index contributed by atoms with van der Waals surface area (Å²) < 4.78 is 0. The number of halogens is 1. The first-order valence-corrected chi connectivity index (χ1v) is 4.90. The topological polar surface area (TPSA) is 51.8 Å². The third-order valence-corrected chi connectivity index (χ3v) is 2.85. The van der Waals surface area contributed by atoms with Crippen molar-refractivity contribution in [3.63, 3.8) is 0 Å². The van der Waals surface area contributed by atoms with Gasteiger partial charge in [0.05, 0.1) is 0 Å². The van der Waals surface area contributed by atoms with E-state index in [9.17, 15) is 0 Å². The minimum absolute atomic E-state index is 0.407. The summed E-state index contributed by atoms with van der Waals surface area (Å²) >= 11 is 5.92. The summed E-state index contributed by atoms with van der Waals surface area (Å²) in [5.41, 5.74) is 6.28. The van der Waals surface area contributed by atoms with Crippen LogP contribution in [0.3, 0.4) is 0 Å². The van der Waals surface area contributed by atoms with Crippen LogP contribution in [0.2, 0.25) is 5.15 Å². The zero-order valence-corrected chi connectivity index (χ0v) is 8.09. The highest BCUT2D eigenvalue weighted by Gasteiger charge is 2.22. The Morgan fingerprint density at radius 3 is 2.77 bits per heavy atom. The predicted molar refractivity (Wildman–Crippen MR) is 51.5 cm³/mol. The Bertz CT molecular complexity index is 310. The maximum Gasteiger partial charge on any atom is 0.137 e. The normalized spacial score (nSPS) is 17.1. The lowest BCUT2D eigenvalue weighted by molar-refractivity contribution is 0.401. The van der Waals surface area contributed by atoms with Crippen LogP contribution in [0.4, 0.5) is 0 Å². The van der Waals surface area contributed by atoms with Gasteiger partial charge < -0.3 is 5.73 Å². The van der Waals surface area contributed by atoms with E-state index in [1.165, 1.54) is 19.3 Å². The van der Waals surface area contributed by atoms with Crippen molar-refractivity contribution in [1.82, 2.24) is 9.97 Å². The Balaban J connectivity index is 2.24. The third kappa shape index (κ3) is 1.67. The first kappa shape index (κ1) is 8.91. The smallest absolute Gasteiger partial charge is 0.137 e. The van der Waals surface area contributed by atoms with Gasteiger partial charge in [-0.3, -0.25) is 0 Å². The van der Waals surface area contributed by atoms with Crippen molar-refractivity contribution >= 4 is 11.6 Å². The van der Waals surface area contributed by atoms with Crippen molar-refractivity contribution in [1.29, 1.82) is 0 Å². The summed E-state index contributed by atoms with van der Waals surface area (Å²) in [5.74, 6) is 1.41. The van der Waals surface area contributed by atoms with E-state index < -0.39 is 0 Å². The lowest BCUT2D eigenvalue weighted by atomic mass is 9.85. The summed E-state index contributed by atoms with van der Waals surface area (Å²) in [6, 6.07) is 0. The fourth-order valence-electron chi connectivity index (χ4n) is 1.40. The molecule has 0 aliphatic heterocycles. The summed E-state index contributed by atoms with van der Waals surface area (Å²) in [5, 5.41) is 0.513. The van der Waals surface area contributed by atoms with E-state index in [1.54, 1.807) is 6.20 Å². The van der Waals surface area contributed by atoms with Crippen LogP contribution in [0.5, 0.6) is 0 Å². The van der Waals surface area contributed by atoms with Crippen molar-refractivity contribution < 1.29 is 0 Å². The molecule has 70 valence electrons. The molecule has 0 unspecified atom stereocenters. The monoisotopic (exact) mass is 197 g/mol. The van der Waals surface area contributed by atoms with Gasteiger partial charge in [-0.15, -0.1) is 0 Å². The van der Waals surface area contributed by atoms with Crippen molar-refractivity contribution in [3.05, 3.63) is 22.7 Å². The van der Waals surface area contributed by atoms with Gasteiger partial charge in [0.15, 0.2) is 0 Å². The summed E-state index contributed by atoms with van der Waals surface area (Å²) in [6.45, 7) is 0.407. The van der Waals surface area contributed by atoms with Gasteiger partial charge in [-0.25, -0.2) is 9.97 Å². The highest BCUT2D eigenvalue weighted by atomic mass is 35.5. The van der Waals surface area contributed by atoms with Gasteiger partial charge in [0.1, 0.15) is 11.0 Å². The van der Waals surface area contributed by atoms with E-state index in [0.29, 0.717) is 17.6 Å². The Morgan fingerprint density at radius 2 is 2.31 bits per heavy atom. The SMILES string of the molecule is NCc1cnc(C2CCC2)nc1Cl. The molecular formula is C9H12ClN3. The predicted octanol–water partition coefficient (Wildman–Crippen LogP) is 1.86. The van der Waals surface area contributed by atoms with E-state index in [0.717, 1.165) is 11.4 Å². The molecule has 3 nitrogen and oxygen atoms in total. The molecule has 0 bridgehead atoms. The number of hydrogen-bond acceptors (Lipinski definition) is 3. The minimum Gasteiger partial charge on any atom is -0.326 e. The first-order valence-electron chi connectivity index (χ1n) is 4.52. The molecule has 2 N–H and O–H groups in total. The van der Waals surface area contributed by atoms with Gasteiger partial charge in [0.2, 0.25) is 0 Å². The molecule has 0 radical (unpaired) electrons. The fourth-order valence-corrected chi connectivity index (χ4v) is 1.61. The summed E-state index contributed by atoms with van der Waals surface area (Å²) in [7, 11) is 0. The standard InChI is InChI=1S/C9H12ClN3/c10-8-7(4-11)5-12-9(13-8)6-2-1-3-6/h5-6H,1-4,11H2. The molecule has 1 aromatic heterocycles. The number of nitrogens with zero attached hydrogens (tertiary/aromatic N) is 2. The second-order valence-corrected chi connectivity index (χ2v) is 3.73. The van der Waals surface area contributed by atoms with Crippen LogP contribution in [-0.4, -0.2) is 9.97 Å². The van der Waals surface area contributed by atoms with Gasteiger partial charge in [-0.1, -0.05) is 18.0 Å².